The van der Waals surface area contributed by atoms with Crippen molar-refractivity contribution in [3.8, 4) is 0 Å². The molecular formula is C21H38. The topological polar surface area (TPSA) is 0 Å². The Balaban J connectivity index is 0.00000200. The summed E-state index contributed by atoms with van der Waals surface area (Å²) in [6, 6.07) is 0. The molecule has 0 radical (unpaired) electrons. The van der Waals surface area contributed by atoms with Gasteiger partial charge in [-0.25, -0.2) is 0 Å². The summed E-state index contributed by atoms with van der Waals surface area (Å²) in [5.41, 5.74) is 2.97. The van der Waals surface area contributed by atoms with Crippen LogP contribution in [0.2, 0.25) is 0 Å². The molecule has 0 aliphatic heterocycles. The van der Waals surface area contributed by atoms with Gasteiger partial charge in [0.1, 0.15) is 0 Å². The zero-order valence-electron chi connectivity index (χ0n) is 12.4. The maximum absolute atomic E-state index is 3.84. The molecule has 0 aromatic heterocycles. The molecule has 0 spiro atoms. The van der Waals surface area contributed by atoms with Gasteiger partial charge in [0.25, 0.3) is 0 Å². The minimum Gasteiger partial charge on any atom is -0.133 e. The standard InChI is InChI=1S/C19H30.2CH4/c1-3-5-7-17-10-14-19(15-11-17)18-12-8-16(6-4-2)9-13-18;;/h3,6,16-19H,1-2,5,7-15H2;2*1H4. The van der Waals surface area contributed by atoms with Crippen LogP contribution < -0.4 is 0 Å². The van der Waals surface area contributed by atoms with Crippen molar-refractivity contribution in [2.45, 2.75) is 79.1 Å². The highest BCUT2D eigenvalue weighted by Gasteiger charge is 2.29. The second kappa shape index (κ2) is 10.9. The van der Waals surface area contributed by atoms with E-state index in [0.717, 1.165) is 23.7 Å². The fourth-order valence-electron chi connectivity index (χ4n) is 4.25. The van der Waals surface area contributed by atoms with Gasteiger partial charge in [-0.3, -0.25) is 0 Å². The van der Waals surface area contributed by atoms with Gasteiger partial charge < -0.3 is 0 Å². The van der Waals surface area contributed by atoms with Crippen LogP contribution >= 0.6 is 0 Å². The highest BCUT2D eigenvalue weighted by atomic mass is 14.3. The normalized spacial score (nSPS) is 32.0. The summed E-state index contributed by atoms with van der Waals surface area (Å²) < 4.78 is 0. The summed E-state index contributed by atoms with van der Waals surface area (Å²) in [5, 5.41) is 0. The largest absolute Gasteiger partial charge is 0.133 e. The van der Waals surface area contributed by atoms with Gasteiger partial charge in [0.2, 0.25) is 0 Å². The van der Waals surface area contributed by atoms with Crippen molar-refractivity contribution in [1.29, 1.82) is 0 Å². The summed E-state index contributed by atoms with van der Waals surface area (Å²) in [6.07, 6.45) is 18.5. The maximum atomic E-state index is 3.84. The molecule has 21 heavy (non-hydrogen) atoms. The third-order valence-electron chi connectivity index (χ3n) is 5.51. The van der Waals surface area contributed by atoms with E-state index in [2.05, 4.69) is 31.0 Å². The highest BCUT2D eigenvalue weighted by molar-refractivity contribution is 4.90. The lowest BCUT2D eigenvalue weighted by atomic mass is 9.69. The van der Waals surface area contributed by atoms with E-state index in [1.807, 2.05) is 0 Å². The average Bonchev–Trinajstić information content (AvgIpc) is 2.47. The monoisotopic (exact) mass is 290 g/mol. The Kier molecular flexibility index (Phi) is 10.5. The van der Waals surface area contributed by atoms with Gasteiger partial charge in [0.05, 0.1) is 0 Å². The average molecular weight is 291 g/mol. The molecule has 2 fully saturated rings. The predicted molar refractivity (Wildman–Crippen MR) is 97.5 cm³/mol. The molecule has 2 saturated carbocycles. The van der Waals surface area contributed by atoms with Crippen LogP contribution in [0.1, 0.15) is 79.1 Å². The second-order valence-corrected chi connectivity index (χ2v) is 6.69. The molecule has 0 unspecified atom stereocenters. The smallest absolute Gasteiger partial charge is 0.0157 e. The Morgan fingerprint density at radius 1 is 0.857 bits per heavy atom. The first-order valence-electron chi connectivity index (χ1n) is 8.30. The van der Waals surface area contributed by atoms with Crippen molar-refractivity contribution in [2.75, 3.05) is 0 Å². The van der Waals surface area contributed by atoms with Crippen LogP contribution in [0.5, 0.6) is 0 Å². The number of hydrogen-bond acceptors (Lipinski definition) is 0. The van der Waals surface area contributed by atoms with Crippen molar-refractivity contribution in [1.82, 2.24) is 0 Å². The van der Waals surface area contributed by atoms with Crippen LogP contribution in [0.4, 0.5) is 0 Å². The number of allylic oxidation sites excluding steroid dienone is 2. The molecule has 0 aromatic rings. The molecule has 0 N–H and O–H groups in total. The fraction of sp³-hybridized carbons (Fsp3) is 0.762. The molecule has 0 nitrogen and oxygen atoms in total. The second-order valence-electron chi connectivity index (χ2n) is 6.69. The maximum Gasteiger partial charge on any atom is -0.0157 e. The summed E-state index contributed by atoms with van der Waals surface area (Å²) in [4.78, 5) is 0. The number of hydrogen-bond donors (Lipinski definition) is 0. The van der Waals surface area contributed by atoms with Gasteiger partial charge >= 0.3 is 0 Å². The zero-order chi connectivity index (χ0) is 13.5. The predicted octanol–water partition coefficient (Wildman–Crippen LogP) is 7.18. The molecule has 0 amide bonds. The molecule has 2 rings (SSSR count). The summed E-state index contributed by atoms with van der Waals surface area (Å²) in [6.45, 7) is 7.55. The van der Waals surface area contributed by atoms with Gasteiger partial charge in [-0.05, 0) is 81.1 Å². The van der Waals surface area contributed by atoms with E-state index < -0.39 is 0 Å². The number of rotatable bonds is 5. The summed E-state index contributed by atoms with van der Waals surface area (Å²) >= 11 is 0. The van der Waals surface area contributed by atoms with E-state index in [1.165, 1.54) is 64.2 Å². The van der Waals surface area contributed by atoms with Gasteiger partial charge in [0, 0.05) is 0 Å². The van der Waals surface area contributed by atoms with Gasteiger partial charge in [-0.2, -0.15) is 0 Å². The highest BCUT2D eigenvalue weighted by Crippen LogP contribution is 2.42. The van der Waals surface area contributed by atoms with Crippen molar-refractivity contribution in [3.05, 3.63) is 31.0 Å². The van der Waals surface area contributed by atoms with Crippen molar-refractivity contribution in [3.63, 3.8) is 0 Å². The molecule has 0 saturated heterocycles. The molecule has 122 valence electrons. The van der Waals surface area contributed by atoms with Crippen LogP contribution in [-0.4, -0.2) is 0 Å². The molecule has 2 aliphatic rings. The molecule has 0 bridgehead atoms. The van der Waals surface area contributed by atoms with E-state index in [0.29, 0.717) is 0 Å². The van der Waals surface area contributed by atoms with Crippen molar-refractivity contribution >= 4 is 0 Å². The summed E-state index contributed by atoms with van der Waals surface area (Å²) in [7, 11) is 0. The molecule has 0 heterocycles. The minimum absolute atomic E-state index is 0. The first kappa shape index (κ1) is 20.3. The van der Waals surface area contributed by atoms with E-state index in [4.69, 9.17) is 0 Å². The van der Waals surface area contributed by atoms with E-state index in [9.17, 15) is 0 Å². The third-order valence-corrected chi connectivity index (χ3v) is 5.51. The first-order valence-corrected chi connectivity index (χ1v) is 8.30. The SMILES string of the molecule is C.C.C=C=CC1CCC(C2CCC(CCC=C)CC2)CC1. The lowest BCUT2D eigenvalue weighted by Gasteiger charge is -2.37. The Labute approximate surface area is 134 Å². The lowest BCUT2D eigenvalue weighted by Crippen LogP contribution is -2.25. The van der Waals surface area contributed by atoms with E-state index in [-0.39, 0.29) is 14.9 Å². The quantitative estimate of drug-likeness (QED) is 0.371. The van der Waals surface area contributed by atoms with Crippen molar-refractivity contribution < 1.29 is 0 Å². The van der Waals surface area contributed by atoms with Crippen LogP contribution in [0.3, 0.4) is 0 Å². The van der Waals surface area contributed by atoms with Crippen molar-refractivity contribution in [2.24, 2.45) is 23.7 Å². The molecule has 0 aromatic carbocycles. The first-order chi connectivity index (χ1) is 9.33. The lowest BCUT2D eigenvalue weighted by molar-refractivity contribution is 0.153. The van der Waals surface area contributed by atoms with Crippen LogP contribution in [0.25, 0.3) is 0 Å². The van der Waals surface area contributed by atoms with Gasteiger partial charge in [0.15, 0.2) is 0 Å². The molecular weight excluding hydrogens is 252 g/mol. The van der Waals surface area contributed by atoms with Gasteiger partial charge in [-0.1, -0.05) is 40.3 Å². The molecule has 0 heteroatoms. The minimum atomic E-state index is 0. The Bertz CT molecular complexity index is 305. The van der Waals surface area contributed by atoms with Crippen LogP contribution in [-0.2, 0) is 0 Å². The Hall–Kier alpha value is -0.740. The van der Waals surface area contributed by atoms with Crippen LogP contribution in [0, 0.1) is 23.7 Å². The van der Waals surface area contributed by atoms with E-state index >= 15 is 0 Å². The summed E-state index contributed by atoms with van der Waals surface area (Å²) in [5.74, 6) is 3.83. The van der Waals surface area contributed by atoms with Gasteiger partial charge in [-0.15, -0.1) is 12.3 Å². The third kappa shape index (κ3) is 6.27. The molecule has 0 atom stereocenters. The van der Waals surface area contributed by atoms with E-state index in [1.54, 1.807) is 0 Å². The van der Waals surface area contributed by atoms with Crippen LogP contribution in [0.15, 0.2) is 31.0 Å². The Morgan fingerprint density at radius 3 is 1.86 bits per heavy atom. The molecule has 2 aliphatic carbocycles. The fourth-order valence-corrected chi connectivity index (χ4v) is 4.25. The zero-order valence-corrected chi connectivity index (χ0v) is 12.4. The Morgan fingerprint density at radius 2 is 1.38 bits per heavy atom.